The lowest BCUT2D eigenvalue weighted by molar-refractivity contribution is 0.469. The predicted molar refractivity (Wildman–Crippen MR) is 61.6 cm³/mol. The van der Waals surface area contributed by atoms with Crippen LogP contribution in [0.1, 0.15) is 25.7 Å². The lowest BCUT2D eigenvalue weighted by Crippen LogP contribution is -2.41. The molecule has 5 unspecified atom stereocenters. The molecule has 3 rings (SSSR count). The van der Waals surface area contributed by atoms with E-state index in [9.17, 15) is 0 Å². The van der Waals surface area contributed by atoms with E-state index < -0.39 is 9.21 Å². The summed E-state index contributed by atoms with van der Waals surface area (Å²) in [5.74, 6) is 1.75. The van der Waals surface area contributed by atoms with Crippen molar-refractivity contribution in [1.29, 1.82) is 0 Å². The number of alkyl halides is 4. The standard InChI is InChI=1S/C10H12Cl4/c11-8-7-3-5(7)1-2-6-4-9(6,12)10(8,13)14/h5-8H,1-4H2. The quantitative estimate of drug-likeness (QED) is 0.581. The van der Waals surface area contributed by atoms with Gasteiger partial charge in [-0.15, -0.1) is 23.2 Å². The molecule has 3 saturated carbocycles. The second-order valence-electron chi connectivity index (χ2n) is 5.03. The zero-order valence-corrected chi connectivity index (χ0v) is 10.7. The Labute approximate surface area is 104 Å². The fourth-order valence-corrected chi connectivity index (χ4v) is 4.67. The van der Waals surface area contributed by atoms with Crippen molar-refractivity contribution in [2.45, 2.75) is 40.3 Å². The Kier molecular flexibility index (Phi) is 2.13. The van der Waals surface area contributed by atoms with Gasteiger partial charge in [0.05, 0.1) is 10.3 Å². The summed E-state index contributed by atoms with van der Waals surface area (Å²) in [7, 11) is 0. The number of hydrogen-bond donors (Lipinski definition) is 0. The molecule has 0 N–H and O–H groups in total. The van der Waals surface area contributed by atoms with E-state index >= 15 is 0 Å². The summed E-state index contributed by atoms with van der Waals surface area (Å²) in [5.41, 5.74) is 0. The molecule has 3 aliphatic carbocycles. The summed E-state index contributed by atoms with van der Waals surface area (Å²) in [6, 6.07) is 0. The van der Waals surface area contributed by atoms with E-state index in [-0.39, 0.29) is 5.38 Å². The van der Waals surface area contributed by atoms with Crippen molar-refractivity contribution in [1.82, 2.24) is 0 Å². The molecule has 0 heterocycles. The molecule has 0 aromatic rings. The molecule has 5 atom stereocenters. The van der Waals surface area contributed by atoms with E-state index in [1.165, 1.54) is 19.3 Å². The van der Waals surface area contributed by atoms with Crippen LogP contribution in [0, 0.1) is 17.8 Å². The lowest BCUT2D eigenvalue weighted by atomic mass is 9.99. The van der Waals surface area contributed by atoms with Crippen LogP contribution in [0.15, 0.2) is 0 Å². The Balaban J connectivity index is 1.91. The van der Waals surface area contributed by atoms with Gasteiger partial charge in [-0.1, -0.05) is 23.2 Å². The molecule has 3 aliphatic rings. The van der Waals surface area contributed by atoms with Crippen LogP contribution in [0.2, 0.25) is 0 Å². The first-order chi connectivity index (χ1) is 6.47. The van der Waals surface area contributed by atoms with Crippen molar-refractivity contribution in [2.75, 3.05) is 0 Å². The van der Waals surface area contributed by atoms with Crippen LogP contribution in [-0.4, -0.2) is 14.6 Å². The minimum atomic E-state index is -0.930. The zero-order chi connectivity index (χ0) is 10.1. The minimum absolute atomic E-state index is 0.168. The molecule has 3 fully saturated rings. The number of hydrogen-bond acceptors (Lipinski definition) is 0. The second kappa shape index (κ2) is 2.88. The third-order valence-corrected chi connectivity index (χ3v) is 7.14. The number of fused-ring (bicyclic) bond motifs is 2. The van der Waals surface area contributed by atoms with Gasteiger partial charge in [-0.25, -0.2) is 0 Å². The highest BCUT2D eigenvalue weighted by atomic mass is 35.5. The van der Waals surface area contributed by atoms with Crippen LogP contribution in [0.25, 0.3) is 0 Å². The molecule has 0 bridgehead atoms. The van der Waals surface area contributed by atoms with Crippen LogP contribution < -0.4 is 0 Å². The largest absolute Gasteiger partial charge is 0.154 e. The fraction of sp³-hybridized carbons (Fsp3) is 1.00. The SMILES string of the molecule is ClC1C2CC2CCC2CC2(Cl)C1(Cl)Cl. The monoisotopic (exact) mass is 272 g/mol. The molecule has 0 aliphatic heterocycles. The van der Waals surface area contributed by atoms with Gasteiger partial charge >= 0.3 is 0 Å². The Hall–Kier alpha value is 1.16. The van der Waals surface area contributed by atoms with E-state index in [2.05, 4.69) is 0 Å². The lowest BCUT2D eigenvalue weighted by Gasteiger charge is -2.32. The molecular formula is C10H12Cl4. The zero-order valence-electron chi connectivity index (χ0n) is 7.65. The molecule has 14 heavy (non-hydrogen) atoms. The maximum atomic E-state index is 6.45. The number of rotatable bonds is 0. The Morgan fingerprint density at radius 3 is 2.50 bits per heavy atom. The predicted octanol–water partition coefficient (Wildman–Crippen LogP) is 4.20. The molecule has 0 nitrogen and oxygen atoms in total. The van der Waals surface area contributed by atoms with Gasteiger partial charge in [0.15, 0.2) is 4.33 Å². The molecule has 0 radical (unpaired) electrons. The van der Waals surface area contributed by atoms with Gasteiger partial charge in [-0.3, -0.25) is 0 Å². The highest BCUT2D eigenvalue weighted by molar-refractivity contribution is 6.57. The van der Waals surface area contributed by atoms with Crippen molar-refractivity contribution in [2.24, 2.45) is 17.8 Å². The van der Waals surface area contributed by atoms with Gasteiger partial charge in [0.25, 0.3) is 0 Å². The molecule has 0 aromatic carbocycles. The van der Waals surface area contributed by atoms with E-state index in [0.29, 0.717) is 11.8 Å². The highest BCUT2D eigenvalue weighted by Crippen LogP contribution is 2.69. The van der Waals surface area contributed by atoms with Gasteiger partial charge < -0.3 is 0 Å². The second-order valence-corrected chi connectivity index (χ2v) is 7.56. The van der Waals surface area contributed by atoms with Crippen LogP contribution >= 0.6 is 46.4 Å². The normalized spacial score (nSPS) is 59.1. The summed E-state index contributed by atoms with van der Waals surface area (Å²) in [6.07, 6.45) is 4.56. The fourth-order valence-electron chi connectivity index (χ4n) is 2.91. The van der Waals surface area contributed by atoms with E-state index in [1.54, 1.807) is 0 Å². The van der Waals surface area contributed by atoms with Crippen molar-refractivity contribution in [3.8, 4) is 0 Å². The Bertz CT molecular complexity index is 275. The Morgan fingerprint density at radius 2 is 1.79 bits per heavy atom. The molecule has 0 saturated heterocycles. The maximum Gasteiger partial charge on any atom is 0.154 e. The van der Waals surface area contributed by atoms with Crippen molar-refractivity contribution < 1.29 is 0 Å². The number of halogens is 4. The third-order valence-electron chi connectivity index (χ3n) is 4.17. The molecular weight excluding hydrogens is 262 g/mol. The molecule has 4 heteroatoms. The smallest absolute Gasteiger partial charge is 0.119 e. The van der Waals surface area contributed by atoms with Crippen molar-refractivity contribution in [3.63, 3.8) is 0 Å². The summed E-state index contributed by atoms with van der Waals surface area (Å²) in [6.45, 7) is 0. The summed E-state index contributed by atoms with van der Waals surface area (Å²) >= 11 is 25.5. The molecule has 80 valence electrons. The Morgan fingerprint density at radius 1 is 1.07 bits per heavy atom. The summed E-state index contributed by atoms with van der Waals surface area (Å²) in [5, 5.41) is -0.168. The van der Waals surface area contributed by atoms with E-state index in [1.807, 2.05) is 0 Å². The van der Waals surface area contributed by atoms with Gasteiger partial charge in [0.2, 0.25) is 0 Å². The molecule has 0 amide bonds. The van der Waals surface area contributed by atoms with E-state index in [4.69, 9.17) is 46.4 Å². The first-order valence-corrected chi connectivity index (χ1v) is 6.74. The van der Waals surface area contributed by atoms with Gasteiger partial charge in [0.1, 0.15) is 0 Å². The van der Waals surface area contributed by atoms with Gasteiger partial charge in [-0.05, 0) is 43.4 Å². The topological polar surface area (TPSA) is 0 Å². The summed E-state index contributed by atoms with van der Waals surface area (Å²) < 4.78 is -0.930. The van der Waals surface area contributed by atoms with Crippen LogP contribution in [0.4, 0.5) is 0 Å². The van der Waals surface area contributed by atoms with Crippen LogP contribution in [-0.2, 0) is 0 Å². The average Bonchev–Trinajstić information content (AvgIpc) is 2.96. The molecule has 0 aromatic heterocycles. The maximum absolute atomic E-state index is 6.45. The van der Waals surface area contributed by atoms with Crippen LogP contribution in [0.5, 0.6) is 0 Å². The average molecular weight is 274 g/mol. The summed E-state index contributed by atoms with van der Waals surface area (Å²) in [4.78, 5) is -0.434. The van der Waals surface area contributed by atoms with Crippen LogP contribution in [0.3, 0.4) is 0 Å². The minimum Gasteiger partial charge on any atom is -0.119 e. The van der Waals surface area contributed by atoms with Crippen molar-refractivity contribution >= 4 is 46.4 Å². The highest BCUT2D eigenvalue weighted by Gasteiger charge is 2.70. The molecule has 0 spiro atoms. The van der Waals surface area contributed by atoms with Crippen molar-refractivity contribution in [3.05, 3.63) is 0 Å². The first-order valence-electron chi connectivity index (χ1n) is 5.17. The first kappa shape index (κ1) is 10.3. The van der Waals surface area contributed by atoms with Gasteiger partial charge in [-0.2, -0.15) is 0 Å². The van der Waals surface area contributed by atoms with E-state index in [0.717, 1.165) is 12.3 Å². The van der Waals surface area contributed by atoms with Gasteiger partial charge in [0, 0.05) is 0 Å². The third kappa shape index (κ3) is 1.21.